The Hall–Kier alpha value is -1.48. The molecule has 0 fully saturated rings. The highest BCUT2D eigenvalue weighted by Gasteiger charge is 2.17. The third kappa shape index (κ3) is 1.49. The van der Waals surface area contributed by atoms with Crippen molar-refractivity contribution in [2.75, 3.05) is 0 Å². The maximum absolute atomic E-state index is 5.70. The molecule has 0 amide bonds. The number of hydrogen-bond donors (Lipinski definition) is 0. The average molecular weight is 263 g/mol. The van der Waals surface area contributed by atoms with Crippen LogP contribution in [0.1, 0.15) is 0 Å². The Balaban J connectivity index is 2.11. The van der Waals surface area contributed by atoms with Gasteiger partial charge in [-0.15, -0.1) is 0 Å². The molecule has 0 aliphatic carbocycles. The Morgan fingerprint density at radius 1 is 0.733 bits per heavy atom. The van der Waals surface area contributed by atoms with E-state index in [1.807, 2.05) is 42.5 Å². The predicted molar refractivity (Wildman–Crippen MR) is 60.7 cm³/mol. The Morgan fingerprint density at radius 2 is 1.33 bits per heavy atom. The minimum atomic E-state index is 0.739. The molecule has 3 heteroatoms. The lowest BCUT2D eigenvalue weighted by atomic mass is 10.2. The molecule has 0 unspecified atom stereocenters. The van der Waals surface area contributed by atoms with Gasteiger partial charge in [0.25, 0.3) is 0 Å². The van der Waals surface area contributed by atoms with Crippen LogP contribution >= 0.6 is 15.9 Å². The van der Waals surface area contributed by atoms with Gasteiger partial charge in [0.2, 0.25) is 0 Å². The van der Waals surface area contributed by atoms with E-state index in [1.54, 1.807) is 0 Å². The largest absolute Gasteiger partial charge is 0.450 e. The second-order valence-corrected chi connectivity index (χ2v) is 4.16. The molecule has 0 atom stereocenters. The topological polar surface area (TPSA) is 18.5 Å². The number of rotatable bonds is 0. The van der Waals surface area contributed by atoms with Crippen LogP contribution in [0.2, 0.25) is 0 Å². The zero-order valence-electron chi connectivity index (χ0n) is 7.74. The highest BCUT2D eigenvalue weighted by Crippen LogP contribution is 2.45. The summed E-state index contributed by atoms with van der Waals surface area (Å²) in [6, 6.07) is 13.3. The standard InChI is InChI=1S/C12H7BrO2/c13-8-5-6-11-12(7-8)15-10-4-2-1-3-9(10)14-11/h1-7H. The minimum Gasteiger partial charge on any atom is -0.450 e. The van der Waals surface area contributed by atoms with Crippen molar-refractivity contribution in [1.82, 2.24) is 0 Å². The Kier molecular flexibility index (Phi) is 1.92. The normalized spacial score (nSPS) is 12.1. The second kappa shape index (κ2) is 3.28. The van der Waals surface area contributed by atoms with Crippen molar-refractivity contribution in [3.8, 4) is 23.0 Å². The van der Waals surface area contributed by atoms with Crippen molar-refractivity contribution in [1.29, 1.82) is 0 Å². The maximum Gasteiger partial charge on any atom is 0.171 e. The maximum atomic E-state index is 5.70. The molecular formula is C12H7BrO2. The number of benzene rings is 2. The Morgan fingerprint density at radius 3 is 2.07 bits per heavy atom. The van der Waals surface area contributed by atoms with Gasteiger partial charge < -0.3 is 9.47 Å². The van der Waals surface area contributed by atoms with Crippen LogP contribution in [-0.2, 0) is 0 Å². The molecule has 2 aromatic carbocycles. The van der Waals surface area contributed by atoms with E-state index in [9.17, 15) is 0 Å². The van der Waals surface area contributed by atoms with Gasteiger partial charge >= 0.3 is 0 Å². The molecule has 0 bridgehead atoms. The summed E-state index contributed by atoms with van der Waals surface area (Å²) < 4.78 is 12.4. The highest BCUT2D eigenvalue weighted by molar-refractivity contribution is 9.10. The Bertz CT molecular complexity index is 523. The monoisotopic (exact) mass is 262 g/mol. The summed E-state index contributed by atoms with van der Waals surface area (Å²) in [5, 5.41) is 0. The summed E-state index contributed by atoms with van der Waals surface area (Å²) in [5.41, 5.74) is 0. The van der Waals surface area contributed by atoms with E-state index < -0.39 is 0 Å². The molecule has 1 heterocycles. The predicted octanol–water partition coefficient (Wildman–Crippen LogP) is 4.35. The molecule has 2 nitrogen and oxygen atoms in total. The molecular weight excluding hydrogens is 256 g/mol. The van der Waals surface area contributed by atoms with Crippen molar-refractivity contribution in [3.05, 3.63) is 46.9 Å². The number of halogens is 1. The summed E-state index contributed by atoms with van der Waals surface area (Å²) in [7, 11) is 0. The molecule has 0 saturated carbocycles. The smallest absolute Gasteiger partial charge is 0.171 e. The first-order valence-electron chi connectivity index (χ1n) is 4.57. The first kappa shape index (κ1) is 8.80. The van der Waals surface area contributed by atoms with Crippen molar-refractivity contribution < 1.29 is 9.47 Å². The van der Waals surface area contributed by atoms with E-state index in [4.69, 9.17) is 9.47 Å². The molecule has 1 aliphatic heterocycles. The number of fused-ring (bicyclic) bond motifs is 2. The van der Waals surface area contributed by atoms with Gasteiger partial charge in [-0.3, -0.25) is 0 Å². The van der Waals surface area contributed by atoms with Crippen molar-refractivity contribution in [2.24, 2.45) is 0 Å². The summed E-state index contributed by atoms with van der Waals surface area (Å²) in [6.45, 7) is 0. The van der Waals surface area contributed by atoms with Crippen LogP contribution in [0.5, 0.6) is 23.0 Å². The summed E-state index contributed by atoms with van der Waals surface area (Å²) >= 11 is 3.39. The van der Waals surface area contributed by atoms with Crippen LogP contribution in [0.15, 0.2) is 46.9 Å². The van der Waals surface area contributed by atoms with Crippen LogP contribution < -0.4 is 9.47 Å². The van der Waals surface area contributed by atoms with Crippen molar-refractivity contribution in [2.45, 2.75) is 0 Å². The molecule has 0 saturated heterocycles. The van der Waals surface area contributed by atoms with Crippen molar-refractivity contribution in [3.63, 3.8) is 0 Å². The van der Waals surface area contributed by atoms with Gasteiger partial charge in [-0.1, -0.05) is 28.1 Å². The quantitative estimate of drug-likeness (QED) is 0.600. The molecule has 0 spiro atoms. The first-order valence-corrected chi connectivity index (χ1v) is 5.36. The summed E-state index contributed by atoms with van der Waals surface area (Å²) in [5.74, 6) is 3.00. The number of ether oxygens (including phenoxy) is 2. The van der Waals surface area contributed by atoms with E-state index in [2.05, 4.69) is 15.9 Å². The minimum absolute atomic E-state index is 0.739. The van der Waals surface area contributed by atoms with Gasteiger partial charge in [0.15, 0.2) is 23.0 Å². The number of hydrogen-bond acceptors (Lipinski definition) is 2. The zero-order valence-corrected chi connectivity index (χ0v) is 9.32. The van der Waals surface area contributed by atoms with E-state index in [0.717, 1.165) is 27.5 Å². The molecule has 74 valence electrons. The molecule has 0 radical (unpaired) electrons. The van der Waals surface area contributed by atoms with Crippen LogP contribution in [0, 0.1) is 0 Å². The van der Waals surface area contributed by atoms with Crippen molar-refractivity contribution >= 4 is 15.9 Å². The lowest BCUT2D eigenvalue weighted by Gasteiger charge is -2.20. The lowest BCUT2D eigenvalue weighted by Crippen LogP contribution is -1.98. The van der Waals surface area contributed by atoms with Crippen LogP contribution in [-0.4, -0.2) is 0 Å². The lowest BCUT2D eigenvalue weighted by molar-refractivity contribution is 0.359. The van der Waals surface area contributed by atoms with Crippen LogP contribution in [0.3, 0.4) is 0 Å². The third-order valence-corrected chi connectivity index (χ3v) is 2.69. The third-order valence-electron chi connectivity index (χ3n) is 2.19. The van der Waals surface area contributed by atoms with Gasteiger partial charge in [-0.05, 0) is 30.3 Å². The zero-order chi connectivity index (χ0) is 10.3. The fourth-order valence-corrected chi connectivity index (χ4v) is 1.84. The highest BCUT2D eigenvalue weighted by atomic mass is 79.9. The molecule has 0 N–H and O–H groups in total. The Labute approximate surface area is 95.6 Å². The van der Waals surface area contributed by atoms with Gasteiger partial charge in [0.05, 0.1) is 0 Å². The molecule has 2 aromatic rings. The number of para-hydroxylation sites is 2. The molecule has 0 aromatic heterocycles. The first-order chi connectivity index (χ1) is 7.33. The van der Waals surface area contributed by atoms with Gasteiger partial charge in [0, 0.05) is 4.47 Å². The summed E-state index contributed by atoms with van der Waals surface area (Å²) in [6.07, 6.45) is 0. The van der Waals surface area contributed by atoms with Crippen LogP contribution in [0.25, 0.3) is 0 Å². The fraction of sp³-hybridized carbons (Fsp3) is 0. The molecule has 15 heavy (non-hydrogen) atoms. The van der Waals surface area contributed by atoms with Gasteiger partial charge in [0.1, 0.15) is 0 Å². The molecule has 1 aliphatic rings. The van der Waals surface area contributed by atoms with Gasteiger partial charge in [-0.2, -0.15) is 0 Å². The van der Waals surface area contributed by atoms with Crippen LogP contribution in [0.4, 0.5) is 0 Å². The SMILES string of the molecule is Brc1ccc2c(c1)Oc1ccccc1O2. The van der Waals surface area contributed by atoms with E-state index in [0.29, 0.717) is 0 Å². The van der Waals surface area contributed by atoms with Gasteiger partial charge in [-0.25, -0.2) is 0 Å². The fourth-order valence-electron chi connectivity index (χ4n) is 1.50. The van der Waals surface area contributed by atoms with E-state index in [-0.39, 0.29) is 0 Å². The molecule has 3 rings (SSSR count). The second-order valence-electron chi connectivity index (χ2n) is 3.24. The average Bonchev–Trinajstić information content (AvgIpc) is 2.26. The van der Waals surface area contributed by atoms with E-state index in [1.165, 1.54) is 0 Å². The van der Waals surface area contributed by atoms with E-state index >= 15 is 0 Å². The summed E-state index contributed by atoms with van der Waals surface area (Å²) in [4.78, 5) is 0.